The van der Waals surface area contributed by atoms with E-state index in [-0.39, 0.29) is 17.3 Å². The second-order valence-electron chi connectivity index (χ2n) is 7.11. The number of aromatic nitrogens is 2. The smallest absolute Gasteiger partial charge is 0.213 e. The molecule has 5 heteroatoms. The summed E-state index contributed by atoms with van der Waals surface area (Å²) in [7, 11) is 0. The number of rotatable bonds is 4. The Kier molecular flexibility index (Phi) is 4.21. The summed E-state index contributed by atoms with van der Waals surface area (Å²) in [5.41, 5.74) is 2.76. The molecule has 30 heavy (non-hydrogen) atoms. The average Bonchev–Trinajstić information content (AvgIpc) is 2.78. The molecule has 5 nitrogen and oxygen atoms in total. The number of nitrogens with zero attached hydrogens (tertiary/aromatic N) is 2. The maximum Gasteiger partial charge on any atom is 0.213 e. The lowest BCUT2D eigenvalue weighted by atomic mass is 9.92. The highest BCUT2D eigenvalue weighted by atomic mass is 16.5. The molecule has 1 aliphatic rings. The molecule has 1 aliphatic carbocycles. The van der Waals surface area contributed by atoms with E-state index in [1.807, 2.05) is 37.3 Å². The number of aryl methyl sites for hydroxylation is 1. The molecule has 0 spiro atoms. The summed E-state index contributed by atoms with van der Waals surface area (Å²) in [5, 5.41) is 9.69. The highest BCUT2D eigenvalue weighted by molar-refractivity contribution is 6.24. The highest BCUT2D eigenvalue weighted by Gasteiger charge is 2.27. The molecule has 0 N–H and O–H groups in total. The summed E-state index contributed by atoms with van der Waals surface area (Å²) in [6.07, 6.45) is 1.42. The van der Waals surface area contributed by atoms with E-state index in [0.29, 0.717) is 39.1 Å². The van der Waals surface area contributed by atoms with Crippen LogP contribution in [0, 0.1) is 6.92 Å². The van der Waals surface area contributed by atoms with E-state index in [1.165, 1.54) is 6.08 Å². The minimum Gasteiger partial charge on any atom is -0.455 e. The van der Waals surface area contributed by atoms with E-state index in [0.717, 1.165) is 5.56 Å². The van der Waals surface area contributed by atoms with Crippen LogP contribution < -0.4 is 4.74 Å². The molecule has 1 heterocycles. The van der Waals surface area contributed by atoms with Crippen LogP contribution in [0.4, 0.5) is 0 Å². The van der Waals surface area contributed by atoms with Crippen LogP contribution in [0.5, 0.6) is 5.75 Å². The van der Waals surface area contributed by atoms with Crippen LogP contribution in [0.3, 0.4) is 0 Å². The third-order valence-corrected chi connectivity index (χ3v) is 5.07. The third-order valence-electron chi connectivity index (χ3n) is 5.07. The van der Waals surface area contributed by atoms with Crippen molar-refractivity contribution in [3.05, 3.63) is 107 Å². The summed E-state index contributed by atoms with van der Waals surface area (Å²) >= 11 is 0. The molecule has 0 unspecified atom stereocenters. The minimum atomic E-state index is -0.241. The van der Waals surface area contributed by atoms with Gasteiger partial charge in [0.15, 0.2) is 11.5 Å². The SMILES string of the molecule is Cc1ccc(OC2=CC(=O)c3cccc4c(C(=O)c5ccccc5)nnc2c34)cc1. The van der Waals surface area contributed by atoms with Crippen LogP contribution in [-0.4, -0.2) is 21.8 Å². The molecule has 0 fully saturated rings. The van der Waals surface area contributed by atoms with Gasteiger partial charge in [0.1, 0.15) is 17.1 Å². The average molecular weight is 392 g/mol. The Hall–Kier alpha value is -4.12. The molecule has 4 aromatic rings. The van der Waals surface area contributed by atoms with Gasteiger partial charge in [-0.15, -0.1) is 10.2 Å². The van der Waals surface area contributed by atoms with Gasteiger partial charge >= 0.3 is 0 Å². The van der Waals surface area contributed by atoms with Crippen molar-refractivity contribution in [2.24, 2.45) is 0 Å². The second kappa shape index (κ2) is 7.04. The van der Waals surface area contributed by atoms with Gasteiger partial charge in [-0.25, -0.2) is 0 Å². The monoisotopic (exact) mass is 392 g/mol. The first kappa shape index (κ1) is 17.9. The number of benzene rings is 3. The first-order valence-electron chi connectivity index (χ1n) is 9.52. The van der Waals surface area contributed by atoms with Crippen LogP contribution in [0.2, 0.25) is 0 Å². The normalized spacial score (nSPS) is 12.6. The summed E-state index contributed by atoms with van der Waals surface area (Å²) in [6.45, 7) is 1.99. The fourth-order valence-corrected chi connectivity index (χ4v) is 3.56. The number of carbonyl (C=O) groups is 2. The fourth-order valence-electron chi connectivity index (χ4n) is 3.56. The van der Waals surface area contributed by atoms with Crippen molar-refractivity contribution in [3.63, 3.8) is 0 Å². The van der Waals surface area contributed by atoms with Crippen LogP contribution >= 0.6 is 0 Å². The van der Waals surface area contributed by atoms with Gasteiger partial charge in [-0.3, -0.25) is 9.59 Å². The molecule has 0 amide bonds. The number of allylic oxidation sites excluding steroid dienone is 1. The molecule has 5 rings (SSSR count). The molecule has 0 saturated carbocycles. The quantitative estimate of drug-likeness (QED) is 0.467. The number of ether oxygens (including phenoxy) is 1. The van der Waals surface area contributed by atoms with Crippen molar-refractivity contribution in [1.29, 1.82) is 0 Å². The van der Waals surface area contributed by atoms with Gasteiger partial charge in [-0.05, 0) is 19.1 Å². The molecule has 0 radical (unpaired) electrons. The molecular weight excluding hydrogens is 376 g/mol. The van der Waals surface area contributed by atoms with E-state index in [2.05, 4.69) is 10.2 Å². The van der Waals surface area contributed by atoms with Crippen LogP contribution in [0.15, 0.2) is 78.9 Å². The second-order valence-corrected chi connectivity index (χ2v) is 7.11. The lowest BCUT2D eigenvalue weighted by Gasteiger charge is -2.18. The predicted molar refractivity (Wildman–Crippen MR) is 114 cm³/mol. The van der Waals surface area contributed by atoms with Crippen molar-refractivity contribution in [3.8, 4) is 5.75 Å². The lowest BCUT2D eigenvalue weighted by Crippen LogP contribution is -2.15. The zero-order chi connectivity index (χ0) is 20.7. The topological polar surface area (TPSA) is 69.2 Å². The Morgan fingerprint density at radius 1 is 0.867 bits per heavy atom. The van der Waals surface area contributed by atoms with Crippen LogP contribution in [0.1, 0.15) is 37.7 Å². The van der Waals surface area contributed by atoms with Gasteiger partial charge in [0.2, 0.25) is 5.78 Å². The van der Waals surface area contributed by atoms with Crippen LogP contribution in [-0.2, 0) is 0 Å². The first-order valence-corrected chi connectivity index (χ1v) is 9.52. The zero-order valence-corrected chi connectivity index (χ0v) is 16.1. The molecule has 1 aromatic heterocycles. The van der Waals surface area contributed by atoms with Crippen molar-refractivity contribution in [2.75, 3.05) is 0 Å². The summed E-state index contributed by atoms with van der Waals surface area (Å²) in [5.74, 6) is 0.480. The van der Waals surface area contributed by atoms with Gasteiger partial charge < -0.3 is 4.74 Å². The Morgan fingerprint density at radius 2 is 1.63 bits per heavy atom. The molecule has 0 aliphatic heterocycles. The number of carbonyl (C=O) groups excluding carboxylic acids is 2. The van der Waals surface area contributed by atoms with E-state index in [4.69, 9.17) is 4.74 Å². The Bertz CT molecular complexity index is 1340. The summed E-state index contributed by atoms with van der Waals surface area (Å²) < 4.78 is 5.97. The van der Waals surface area contributed by atoms with E-state index < -0.39 is 0 Å². The molecule has 0 atom stereocenters. The fraction of sp³-hybridized carbons (Fsp3) is 0.0400. The van der Waals surface area contributed by atoms with Crippen molar-refractivity contribution in [1.82, 2.24) is 10.2 Å². The standard InChI is InChI=1S/C25H16N2O3/c1-15-10-12-17(13-11-15)30-21-14-20(28)18-8-5-9-19-22(18)24(21)27-26-23(19)25(29)16-6-3-2-4-7-16/h2-14H,1H3. The lowest BCUT2D eigenvalue weighted by molar-refractivity contribution is 0.102. The third kappa shape index (κ3) is 2.97. The maximum absolute atomic E-state index is 13.0. The number of hydrogen-bond acceptors (Lipinski definition) is 5. The Balaban J connectivity index is 1.65. The van der Waals surface area contributed by atoms with Crippen LogP contribution in [0.25, 0.3) is 16.5 Å². The molecule has 144 valence electrons. The van der Waals surface area contributed by atoms with E-state index >= 15 is 0 Å². The minimum absolute atomic E-state index is 0.193. The molecular formula is C25H16N2O3. The summed E-state index contributed by atoms with van der Waals surface area (Å²) in [6, 6.07) is 21.7. The number of ketones is 2. The van der Waals surface area contributed by atoms with E-state index in [1.54, 1.807) is 42.5 Å². The van der Waals surface area contributed by atoms with Gasteiger partial charge in [-0.2, -0.15) is 0 Å². The predicted octanol–water partition coefficient (Wildman–Crippen LogP) is 4.79. The Labute approximate surface area is 172 Å². The van der Waals surface area contributed by atoms with Gasteiger partial charge in [0, 0.05) is 28.0 Å². The number of hydrogen-bond donors (Lipinski definition) is 0. The zero-order valence-electron chi connectivity index (χ0n) is 16.1. The largest absolute Gasteiger partial charge is 0.455 e. The molecule has 0 bridgehead atoms. The molecule has 3 aromatic carbocycles. The first-order chi connectivity index (χ1) is 14.6. The Morgan fingerprint density at radius 3 is 2.40 bits per heavy atom. The molecule has 0 saturated heterocycles. The summed E-state index contributed by atoms with van der Waals surface area (Å²) in [4.78, 5) is 25.8. The van der Waals surface area contributed by atoms with Crippen molar-refractivity contribution < 1.29 is 14.3 Å². The van der Waals surface area contributed by atoms with E-state index in [9.17, 15) is 9.59 Å². The van der Waals surface area contributed by atoms with Gasteiger partial charge in [-0.1, -0.05) is 66.2 Å². The van der Waals surface area contributed by atoms with Gasteiger partial charge in [0.05, 0.1) is 0 Å². The highest BCUT2D eigenvalue weighted by Crippen LogP contribution is 2.34. The maximum atomic E-state index is 13.0. The van der Waals surface area contributed by atoms with Crippen molar-refractivity contribution >= 4 is 28.1 Å². The van der Waals surface area contributed by atoms with Crippen molar-refractivity contribution in [2.45, 2.75) is 6.92 Å². The van der Waals surface area contributed by atoms with Gasteiger partial charge in [0.25, 0.3) is 0 Å².